The van der Waals surface area contributed by atoms with E-state index in [4.69, 9.17) is 9.84 Å². The minimum absolute atomic E-state index is 0.0184. The molecule has 0 aliphatic rings. The van der Waals surface area contributed by atoms with E-state index in [-0.39, 0.29) is 17.4 Å². The molecule has 0 amide bonds. The summed E-state index contributed by atoms with van der Waals surface area (Å²) in [5.74, 6) is 2.07. The van der Waals surface area contributed by atoms with Gasteiger partial charge >= 0.3 is 0 Å². The number of aryl methyl sites for hydroxylation is 1. The van der Waals surface area contributed by atoms with Crippen molar-refractivity contribution >= 4 is 5.52 Å². The van der Waals surface area contributed by atoms with E-state index in [1.54, 1.807) is 11.7 Å². The third kappa shape index (κ3) is 3.15. The number of methoxy groups -OCH3 is 1. The monoisotopic (exact) mass is 367 g/mol. The lowest BCUT2D eigenvalue weighted by atomic mass is 9.96. The SMILES string of the molecule is CCn1c(-c2ccc(OC)cc2C(C)C)nn2c(C)cc(C(C)C)c2c1=O. The zero-order valence-electron chi connectivity index (χ0n) is 17.3. The fourth-order valence-electron chi connectivity index (χ4n) is 3.65. The molecule has 0 bridgehead atoms. The Morgan fingerprint density at radius 2 is 1.74 bits per heavy atom. The molecule has 0 aliphatic carbocycles. The summed E-state index contributed by atoms with van der Waals surface area (Å²) in [5, 5.41) is 4.92. The number of fused-ring (bicyclic) bond motifs is 1. The number of aromatic nitrogens is 3. The Labute approximate surface area is 160 Å². The zero-order chi connectivity index (χ0) is 19.9. The van der Waals surface area contributed by atoms with Gasteiger partial charge in [0.15, 0.2) is 5.82 Å². The van der Waals surface area contributed by atoms with Crippen molar-refractivity contribution < 1.29 is 4.74 Å². The van der Waals surface area contributed by atoms with Crippen LogP contribution in [0.5, 0.6) is 5.75 Å². The second-order valence-corrected chi connectivity index (χ2v) is 7.64. The van der Waals surface area contributed by atoms with Crippen LogP contribution in [0.2, 0.25) is 0 Å². The van der Waals surface area contributed by atoms with Crippen LogP contribution in [0.3, 0.4) is 0 Å². The van der Waals surface area contributed by atoms with Crippen LogP contribution in [0.15, 0.2) is 29.1 Å². The predicted molar refractivity (Wildman–Crippen MR) is 110 cm³/mol. The summed E-state index contributed by atoms with van der Waals surface area (Å²) in [7, 11) is 1.67. The van der Waals surface area contributed by atoms with Gasteiger partial charge in [-0.1, -0.05) is 27.7 Å². The fourth-order valence-corrected chi connectivity index (χ4v) is 3.65. The van der Waals surface area contributed by atoms with Gasteiger partial charge in [0.25, 0.3) is 5.56 Å². The minimum Gasteiger partial charge on any atom is -0.497 e. The molecule has 0 saturated carbocycles. The summed E-state index contributed by atoms with van der Waals surface area (Å²) < 4.78 is 9.00. The van der Waals surface area contributed by atoms with Crippen LogP contribution in [0.25, 0.3) is 16.9 Å². The van der Waals surface area contributed by atoms with Crippen LogP contribution >= 0.6 is 0 Å². The van der Waals surface area contributed by atoms with E-state index in [2.05, 4.69) is 33.8 Å². The third-order valence-electron chi connectivity index (χ3n) is 5.14. The van der Waals surface area contributed by atoms with Gasteiger partial charge in [-0.2, -0.15) is 0 Å². The van der Waals surface area contributed by atoms with Crippen LogP contribution in [-0.2, 0) is 6.54 Å². The number of ether oxygens (including phenoxy) is 1. The average Bonchev–Trinajstić information content (AvgIpc) is 2.98. The summed E-state index contributed by atoms with van der Waals surface area (Å²) >= 11 is 0. The maximum Gasteiger partial charge on any atom is 0.278 e. The van der Waals surface area contributed by atoms with E-state index in [1.165, 1.54) is 0 Å². The molecule has 0 radical (unpaired) electrons. The van der Waals surface area contributed by atoms with Gasteiger partial charge in [-0.25, -0.2) is 4.52 Å². The second-order valence-electron chi connectivity index (χ2n) is 7.64. The molecule has 0 fully saturated rings. The molecule has 27 heavy (non-hydrogen) atoms. The zero-order valence-corrected chi connectivity index (χ0v) is 17.3. The normalized spacial score (nSPS) is 11.7. The van der Waals surface area contributed by atoms with Crippen molar-refractivity contribution in [1.82, 2.24) is 14.2 Å². The molecule has 0 saturated heterocycles. The number of benzene rings is 1. The minimum atomic E-state index is 0.0184. The highest BCUT2D eigenvalue weighted by molar-refractivity contribution is 5.65. The average molecular weight is 367 g/mol. The number of rotatable bonds is 5. The first-order valence-electron chi connectivity index (χ1n) is 9.61. The van der Waals surface area contributed by atoms with Gasteiger partial charge in [0, 0.05) is 17.8 Å². The maximum absolute atomic E-state index is 13.4. The molecule has 0 spiro atoms. The molecular weight excluding hydrogens is 338 g/mol. The van der Waals surface area contributed by atoms with Crippen molar-refractivity contribution in [3.8, 4) is 17.1 Å². The van der Waals surface area contributed by atoms with Crippen molar-refractivity contribution in [1.29, 1.82) is 0 Å². The summed E-state index contributed by atoms with van der Waals surface area (Å²) in [6.45, 7) is 13.1. The fraction of sp³-hybridized carbons (Fsp3) is 0.455. The van der Waals surface area contributed by atoms with Crippen LogP contribution in [-0.4, -0.2) is 21.3 Å². The topological polar surface area (TPSA) is 48.5 Å². The highest BCUT2D eigenvalue weighted by Crippen LogP contribution is 2.32. The van der Waals surface area contributed by atoms with E-state index in [0.717, 1.165) is 28.1 Å². The van der Waals surface area contributed by atoms with Crippen molar-refractivity contribution in [3.63, 3.8) is 0 Å². The number of hydrogen-bond acceptors (Lipinski definition) is 3. The third-order valence-corrected chi connectivity index (χ3v) is 5.14. The Kier molecular flexibility index (Phi) is 5.13. The van der Waals surface area contributed by atoms with E-state index in [9.17, 15) is 4.79 Å². The van der Waals surface area contributed by atoms with Crippen LogP contribution in [0, 0.1) is 6.92 Å². The standard InChI is InChI=1S/C22H29N3O2/c1-8-24-21(17-10-9-16(27-7)12-18(17)13(2)3)23-25-15(6)11-19(14(4)5)20(25)22(24)26/h9-14H,8H2,1-7H3. The highest BCUT2D eigenvalue weighted by Gasteiger charge is 2.21. The lowest BCUT2D eigenvalue weighted by Crippen LogP contribution is -2.26. The summed E-state index contributed by atoms with van der Waals surface area (Å²) in [4.78, 5) is 13.4. The Balaban J connectivity index is 2.40. The molecular formula is C22H29N3O2. The molecule has 3 rings (SSSR count). The Hall–Kier alpha value is -2.56. The first kappa shape index (κ1) is 19.2. The van der Waals surface area contributed by atoms with Crippen LogP contribution in [0.4, 0.5) is 0 Å². The molecule has 144 valence electrons. The number of nitrogens with zero attached hydrogens (tertiary/aromatic N) is 3. The van der Waals surface area contributed by atoms with E-state index in [0.29, 0.717) is 17.9 Å². The maximum atomic E-state index is 13.4. The quantitative estimate of drug-likeness (QED) is 0.654. The van der Waals surface area contributed by atoms with Crippen molar-refractivity contribution in [2.24, 2.45) is 0 Å². The lowest BCUT2D eigenvalue weighted by Gasteiger charge is -2.18. The number of hydrogen-bond donors (Lipinski definition) is 0. The first-order valence-corrected chi connectivity index (χ1v) is 9.61. The van der Waals surface area contributed by atoms with Gasteiger partial charge in [0.2, 0.25) is 0 Å². The summed E-state index contributed by atoms with van der Waals surface area (Å²) in [6.07, 6.45) is 0. The van der Waals surface area contributed by atoms with E-state index >= 15 is 0 Å². The highest BCUT2D eigenvalue weighted by atomic mass is 16.5. The lowest BCUT2D eigenvalue weighted by molar-refractivity contribution is 0.414. The Bertz CT molecular complexity index is 1040. The van der Waals surface area contributed by atoms with Crippen molar-refractivity contribution in [2.45, 2.75) is 59.9 Å². The predicted octanol–water partition coefficient (Wildman–Crippen LogP) is 4.75. The van der Waals surface area contributed by atoms with E-state index in [1.807, 2.05) is 36.6 Å². The largest absolute Gasteiger partial charge is 0.497 e. The summed E-state index contributed by atoms with van der Waals surface area (Å²) in [6, 6.07) is 8.06. The smallest absolute Gasteiger partial charge is 0.278 e. The second kappa shape index (κ2) is 7.22. The van der Waals surface area contributed by atoms with E-state index < -0.39 is 0 Å². The van der Waals surface area contributed by atoms with Crippen molar-refractivity contribution in [3.05, 3.63) is 51.4 Å². The van der Waals surface area contributed by atoms with Gasteiger partial charge in [-0.15, -0.1) is 5.10 Å². The molecule has 5 nitrogen and oxygen atoms in total. The van der Waals surface area contributed by atoms with Crippen molar-refractivity contribution in [2.75, 3.05) is 7.11 Å². The molecule has 5 heteroatoms. The molecule has 2 heterocycles. The molecule has 3 aromatic rings. The van der Waals surface area contributed by atoms with Gasteiger partial charge in [0.05, 0.1) is 7.11 Å². The Morgan fingerprint density at radius 1 is 1.07 bits per heavy atom. The first-order chi connectivity index (χ1) is 12.8. The molecule has 2 aromatic heterocycles. The molecule has 0 aliphatic heterocycles. The van der Waals surface area contributed by atoms with Gasteiger partial charge in [0.1, 0.15) is 11.3 Å². The van der Waals surface area contributed by atoms with Crippen LogP contribution < -0.4 is 10.3 Å². The van der Waals surface area contributed by atoms with Crippen LogP contribution in [0.1, 0.15) is 63.3 Å². The van der Waals surface area contributed by atoms with Gasteiger partial charge in [-0.3, -0.25) is 9.36 Å². The Morgan fingerprint density at radius 3 is 2.30 bits per heavy atom. The molecule has 0 N–H and O–H groups in total. The molecule has 0 atom stereocenters. The summed E-state index contributed by atoms with van der Waals surface area (Å²) in [5.41, 5.74) is 4.84. The van der Waals surface area contributed by atoms with Gasteiger partial charge in [-0.05, 0) is 61.1 Å². The molecule has 1 aromatic carbocycles. The van der Waals surface area contributed by atoms with Gasteiger partial charge < -0.3 is 4.74 Å². The molecule has 0 unspecified atom stereocenters.